The van der Waals surface area contributed by atoms with Gasteiger partial charge in [-0.05, 0) is 31.4 Å². The number of pyridine rings is 1. The molecule has 0 bridgehead atoms. The third-order valence-corrected chi connectivity index (χ3v) is 4.29. The highest BCUT2D eigenvalue weighted by Crippen LogP contribution is 2.18. The number of hydrogen-bond donors (Lipinski definition) is 2. The average molecular weight is 327 g/mol. The van der Waals surface area contributed by atoms with Crippen LogP contribution in [0.2, 0.25) is 0 Å². The van der Waals surface area contributed by atoms with Gasteiger partial charge in [0.05, 0.1) is 0 Å². The molecular weight excluding hydrogens is 306 g/mol. The molecule has 1 amide bonds. The van der Waals surface area contributed by atoms with Crippen molar-refractivity contribution < 1.29 is 4.79 Å². The molecule has 126 valence electrons. The van der Waals surface area contributed by atoms with E-state index in [9.17, 15) is 9.59 Å². The number of aromatic nitrogens is 3. The van der Waals surface area contributed by atoms with Crippen molar-refractivity contribution >= 4 is 11.7 Å². The number of nitrogens with zero attached hydrogens (tertiary/aromatic N) is 3. The number of H-pyrrole nitrogens is 1. The molecule has 24 heavy (non-hydrogen) atoms. The highest BCUT2D eigenvalue weighted by Gasteiger charge is 2.22. The van der Waals surface area contributed by atoms with Crippen molar-refractivity contribution in [3.8, 4) is 0 Å². The van der Waals surface area contributed by atoms with Crippen molar-refractivity contribution in [3.05, 3.63) is 52.3 Å². The molecule has 3 heterocycles. The molecular formula is C17H21N5O2. The van der Waals surface area contributed by atoms with Crippen molar-refractivity contribution in [1.29, 1.82) is 0 Å². The Bertz CT molecular complexity index is 765. The summed E-state index contributed by atoms with van der Waals surface area (Å²) in [5.41, 5.74) is 0.822. The molecule has 0 saturated carbocycles. The first-order valence-corrected chi connectivity index (χ1v) is 8.22. The Morgan fingerprint density at radius 2 is 2.17 bits per heavy atom. The number of piperidine rings is 1. The van der Waals surface area contributed by atoms with E-state index < -0.39 is 0 Å². The second kappa shape index (κ2) is 7.25. The number of carbonyl (C=O) groups excluding carboxylic acids is 1. The topological polar surface area (TPSA) is 91.0 Å². The molecule has 7 nitrogen and oxygen atoms in total. The van der Waals surface area contributed by atoms with Gasteiger partial charge in [-0.25, -0.2) is 9.97 Å². The van der Waals surface area contributed by atoms with Crippen LogP contribution in [-0.2, 0) is 6.42 Å². The maximum absolute atomic E-state index is 12.2. The van der Waals surface area contributed by atoms with E-state index in [0.29, 0.717) is 0 Å². The zero-order valence-electron chi connectivity index (χ0n) is 13.7. The van der Waals surface area contributed by atoms with Gasteiger partial charge < -0.3 is 15.2 Å². The van der Waals surface area contributed by atoms with E-state index in [4.69, 9.17) is 0 Å². The highest BCUT2D eigenvalue weighted by atomic mass is 16.2. The summed E-state index contributed by atoms with van der Waals surface area (Å²) in [5.74, 6) is 0.622. The number of nitrogens with one attached hydrogen (secondary N) is 2. The third-order valence-electron chi connectivity index (χ3n) is 4.29. The SMILES string of the molecule is CCc1cc(N2CCC(NC(=O)c3ccc[nH]c3=O)CC2)ncn1. The maximum Gasteiger partial charge on any atom is 0.260 e. The third kappa shape index (κ3) is 3.61. The van der Waals surface area contributed by atoms with Crippen LogP contribution in [0.5, 0.6) is 0 Å². The van der Waals surface area contributed by atoms with Gasteiger partial charge in [0, 0.05) is 37.1 Å². The minimum Gasteiger partial charge on any atom is -0.356 e. The normalized spacial score (nSPS) is 15.3. The van der Waals surface area contributed by atoms with Crippen LogP contribution in [0.25, 0.3) is 0 Å². The van der Waals surface area contributed by atoms with Crippen LogP contribution in [0, 0.1) is 0 Å². The van der Waals surface area contributed by atoms with Gasteiger partial charge in [0.25, 0.3) is 11.5 Å². The predicted octanol–water partition coefficient (Wildman–Crippen LogP) is 1.13. The first-order valence-electron chi connectivity index (χ1n) is 8.22. The zero-order valence-corrected chi connectivity index (χ0v) is 13.7. The number of aromatic amines is 1. The van der Waals surface area contributed by atoms with Crippen LogP contribution in [-0.4, -0.2) is 40.0 Å². The summed E-state index contributed by atoms with van der Waals surface area (Å²) in [6.45, 7) is 3.70. The van der Waals surface area contributed by atoms with Crippen LogP contribution >= 0.6 is 0 Å². The van der Waals surface area contributed by atoms with Gasteiger partial charge in [-0.15, -0.1) is 0 Å². The van der Waals surface area contributed by atoms with Crippen LogP contribution in [0.15, 0.2) is 35.5 Å². The van der Waals surface area contributed by atoms with Gasteiger partial charge in [-0.1, -0.05) is 6.92 Å². The van der Waals surface area contributed by atoms with Crippen LogP contribution in [0.3, 0.4) is 0 Å². The van der Waals surface area contributed by atoms with Crippen LogP contribution in [0.4, 0.5) is 5.82 Å². The molecule has 2 aromatic rings. The number of rotatable bonds is 4. The summed E-state index contributed by atoms with van der Waals surface area (Å²) >= 11 is 0. The molecule has 1 aliphatic rings. The molecule has 1 fully saturated rings. The summed E-state index contributed by atoms with van der Waals surface area (Å²) in [5, 5.41) is 2.95. The van der Waals surface area contributed by atoms with Gasteiger partial charge in [0.2, 0.25) is 0 Å². The lowest BCUT2D eigenvalue weighted by Gasteiger charge is -2.33. The fraction of sp³-hybridized carbons (Fsp3) is 0.412. The standard InChI is InChI=1S/C17H21N5O2/c1-2-12-10-15(20-11-19-12)22-8-5-13(6-9-22)21-17(24)14-4-3-7-18-16(14)23/h3-4,7,10-11,13H,2,5-6,8-9H2,1H3,(H,18,23)(H,21,24). The molecule has 0 aromatic carbocycles. The lowest BCUT2D eigenvalue weighted by molar-refractivity contribution is 0.0929. The van der Waals surface area contributed by atoms with Crippen LogP contribution < -0.4 is 15.8 Å². The second-order valence-electron chi connectivity index (χ2n) is 5.87. The van der Waals surface area contributed by atoms with E-state index in [1.165, 1.54) is 12.3 Å². The van der Waals surface area contributed by atoms with E-state index >= 15 is 0 Å². The number of anilines is 1. The number of carbonyl (C=O) groups is 1. The van der Waals surface area contributed by atoms with E-state index in [2.05, 4.69) is 32.1 Å². The minimum absolute atomic E-state index is 0.0702. The Kier molecular flexibility index (Phi) is 4.88. The molecule has 0 spiro atoms. The van der Waals surface area contributed by atoms with Crippen molar-refractivity contribution in [1.82, 2.24) is 20.3 Å². The van der Waals surface area contributed by atoms with Crippen molar-refractivity contribution in [3.63, 3.8) is 0 Å². The van der Waals surface area contributed by atoms with Gasteiger partial charge in [0.15, 0.2) is 0 Å². The second-order valence-corrected chi connectivity index (χ2v) is 5.87. The van der Waals surface area contributed by atoms with E-state index in [0.717, 1.165) is 43.9 Å². The van der Waals surface area contributed by atoms with E-state index in [1.807, 2.05) is 6.07 Å². The zero-order chi connectivity index (χ0) is 16.9. The summed E-state index contributed by atoms with van der Waals surface area (Å²) < 4.78 is 0. The van der Waals surface area contributed by atoms with Gasteiger partial charge in [-0.2, -0.15) is 0 Å². The molecule has 2 aromatic heterocycles. The molecule has 7 heteroatoms. The predicted molar refractivity (Wildman–Crippen MR) is 91.2 cm³/mol. The summed E-state index contributed by atoms with van der Waals surface area (Å²) in [6, 6.07) is 5.28. The minimum atomic E-state index is -0.361. The first kappa shape index (κ1) is 16.2. The summed E-state index contributed by atoms with van der Waals surface area (Å²) in [7, 11) is 0. The lowest BCUT2D eigenvalue weighted by Crippen LogP contribution is -2.45. The molecule has 0 unspecified atom stereocenters. The largest absolute Gasteiger partial charge is 0.356 e. The smallest absolute Gasteiger partial charge is 0.260 e. The van der Waals surface area contributed by atoms with Gasteiger partial charge in [-0.3, -0.25) is 9.59 Å². The maximum atomic E-state index is 12.2. The van der Waals surface area contributed by atoms with Crippen molar-refractivity contribution in [2.75, 3.05) is 18.0 Å². The Morgan fingerprint density at radius 1 is 1.38 bits per heavy atom. The Balaban J connectivity index is 1.58. The molecule has 2 N–H and O–H groups in total. The van der Waals surface area contributed by atoms with E-state index in [-0.39, 0.29) is 23.1 Å². The fourth-order valence-electron chi connectivity index (χ4n) is 2.87. The highest BCUT2D eigenvalue weighted by molar-refractivity contribution is 5.93. The lowest BCUT2D eigenvalue weighted by atomic mass is 10.0. The number of amides is 1. The molecule has 0 aliphatic carbocycles. The number of hydrogen-bond acceptors (Lipinski definition) is 5. The molecule has 1 saturated heterocycles. The molecule has 1 aliphatic heterocycles. The summed E-state index contributed by atoms with van der Waals surface area (Å²) in [6.07, 6.45) is 5.64. The molecule has 0 radical (unpaired) electrons. The molecule has 3 rings (SSSR count). The Hall–Kier alpha value is -2.70. The van der Waals surface area contributed by atoms with E-state index in [1.54, 1.807) is 12.4 Å². The first-order chi connectivity index (χ1) is 11.7. The molecule has 0 atom stereocenters. The number of aryl methyl sites for hydroxylation is 1. The van der Waals surface area contributed by atoms with Gasteiger partial charge >= 0.3 is 0 Å². The average Bonchev–Trinajstić information content (AvgIpc) is 2.62. The monoisotopic (exact) mass is 327 g/mol. The quantitative estimate of drug-likeness (QED) is 0.878. The van der Waals surface area contributed by atoms with Crippen LogP contribution in [0.1, 0.15) is 35.8 Å². The fourth-order valence-corrected chi connectivity index (χ4v) is 2.87. The summed E-state index contributed by atoms with van der Waals surface area (Å²) in [4.78, 5) is 37.1. The van der Waals surface area contributed by atoms with Gasteiger partial charge in [0.1, 0.15) is 17.7 Å². The Morgan fingerprint density at radius 3 is 2.88 bits per heavy atom. The van der Waals surface area contributed by atoms with Crippen molar-refractivity contribution in [2.24, 2.45) is 0 Å². The Labute approximate surface area is 140 Å². The van der Waals surface area contributed by atoms with Crippen molar-refractivity contribution in [2.45, 2.75) is 32.2 Å².